The zero-order valence-electron chi connectivity index (χ0n) is 6.93. The Hall–Kier alpha value is -0.650. The van der Waals surface area contributed by atoms with Crippen molar-refractivity contribution in [2.24, 2.45) is 0 Å². The lowest BCUT2D eigenvalue weighted by molar-refractivity contribution is -0.149. The van der Waals surface area contributed by atoms with Crippen LogP contribution in [0.1, 0.15) is 13.3 Å². The van der Waals surface area contributed by atoms with Gasteiger partial charge in [0, 0.05) is 0 Å². The molecule has 0 aliphatic carbocycles. The maximum absolute atomic E-state index is 10.7. The first-order chi connectivity index (χ1) is 5.56. The maximum Gasteiger partial charge on any atom is 0.308 e. The van der Waals surface area contributed by atoms with Crippen LogP contribution in [0.3, 0.4) is 0 Å². The number of ether oxygens (including phenoxy) is 1. The Bertz CT molecular complexity index is 134. The molecule has 0 heterocycles. The number of rotatable bonds is 5. The van der Waals surface area contributed by atoms with Crippen LogP contribution in [0.4, 0.5) is 0 Å². The van der Waals surface area contributed by atoms with Crippen LogP contribution in [-0.2, 0) is 9.53 Å². The van der Waals surface area contributed by atoms with Gasteiger partial charge in [-0.3, -0.25) is 4.79 Å². The van der Waals surface area contributed by atoms with Crippen LogP contribution >= 0.6 is 0 Å². The standard InChI is InChI=1S/C7H14O5/c1-5(9)2-7(11)12-4-6(10)3-8/h5-6,8-10H,2-4H2,1H3/t5-,6?/m1/s1. The molecule has 0 radical (unpaired) electrons. The van der Waals surface area contributed by atoms with Gasteiger partial charge in [0.05, 0.1) is 19.1 Å². The third-order valence-corrected chi connectivity index (χ3v) is 1.11. The number of esters is 1. The second-order valence-electron chi connectivity index (χ2n) is 2.57. The predicted octanol–water partition coefficient (Wildman–Crippen LogP) is -1.35. The summed E-state index contributed by atoms with van der Waals surface area (Å²) in [5.74, 6) is -0.586. The molecule has 5 nitrogen and oxygen atoms in total. The molecule has 72 valence electrons. The van der Waals surface area contributed by atoms with Crippen LogP contribution in [0.25, 0.3) is 0 Å². The molecule has 3 N–H and O–H groups in total. The molecule has 0 aromatic heterocycles. The summed E-state index contributed by atoms with van der Waals surface area (Å²) in [6.45, 7) is 0.785. The van der Waals surface area contributed by atoms with Crippen LogP contribution in [0.5, 0.6) is 0 Å². The van der Waals surface area contributed by atoms with Gasteiger partial charge in [0.1, 0.15) is 12.7 Å². The van der Waals surface area contributed by atoms with Gasteiger partial charge in [-0.1, -0.05) is 0 Å². The van der Waals surface area contributed by atoms with Crippen LogP contribution in [-0.4, -0.2) is 46.7 Å². The third-order valence-electron chi connectivity index (χ3n) is 1.11. The largest absolute Gasteiger partial charge is 0.463 e. The van der Waals surface area contributed by atoms with Crippen LogP contribution in [0.2, 0.25) is 0 Å². The lowest BCUT2D eigenvalue weighted by Crippen LogP contribution is -2.23. The highest BCUT2D eigenvalue weighted by Crippen LogP contribution is 1.94. The van der Waals surface area contributed by atoms with Gasteiger partial charge >= 0.3 is 5.97 Å². The Morgan fingerprint density at radius 2 is 2.08 bits per heavy atom. The molecule has 0 aromatic rings. The summed E-state index contributed by atoms with van der Waals surface area (Å²) in [6.07, 6.45) is -1.88. The Morgan fingerprint density at radius 1 is 1.50 bits per heavy atom. The quantitative estimate of drug-likeness (QED) is 0.453. The lowest BCUT2D eigenvalue weighted by atomic mass is 10.3. The van der Waals surface area contributed by atoms with Gasteiger partial charge in [0.2, 0.25) is 0 Å². The second-order valence-corrected chi connectivity index (χ2v) is 2.57. The molecule has 0 amide bonds. The Labute approximate surface area is 70.6 Å². The Morgan fingerprint density at radius 3 is 2.50 bits per heavy atom. The van der Waals surface area contributed by atoms with Gasteiger partial charge in [0.15, 0.2) is 0 Å². The van der Waals surface area contributed by atoms with E-state index in [0.717, 1.165) is 0 Å². The molecule has 0 fully saturated rings. The van der Waals surface area contributed by atoms with E-state index in [4.69, 9.17) is 15.3 Å². The summed E-state index contributed by atoms with van der Waals surface area (Å²) in [4.78, 5) is 10.7. The average Bonchev–Trinajstić information content (AvgIpc) is 1.99. The number of hydrogen-bond donors (Lipinski definition) is 3. The fourth-order valence-electron chi connectivity index (χ4n) is 0.542. The highest BCUT2D eigenvalue weighted by molar-refractivity contribution is 5.69. The molecule has 0 aromatic carbocycles. The fraction of sp³-hybridized carbons (Fsp3) is 0.857. The van der Waals surface area contributed by atoms with Gasteiger partial charge in [-0.05, 0) is 6.92 Å². The van der Waals surface area contributed by atoms with Gasteiger partial charge in [0.25, 0.3) is 0 Å². The van der Waals surface area contributed by atoms with E-state index in [1.165, 1.54) is 6.92 Å². The normalized spacial score (nSPS) is 15.3. The first-order valence-corrected chi connectivity index (χ1v) is 3.69. The van der Waals surface area contributed by atoms with E-state index in [9.17, 15) is 4.79 Å². The zero-order chi connectivity index (χ0) is 9.56. The van der Waals surface area contributed by atoms with Crippen molar-refractivity contribution in [1.82, 2.24) is 0 Å². The van der Waals surface area contributed by atoms with Crippen molar-refractivity contribution in [2.75, 3.05) is 13.2 Å². The zero-order valence-corrected chi connectivity index (χ0v) is 6.93. The topological polar surface area (TPSA) is 87.0 Å². The summed E-state index contributed by atoms with van der Waals surface area (Å²) in [6, 6.07) is 0. The van der Waals surface area contributed by atoms with Crippen molar-refractivity contribution in [1.29, 1.82) is 0 Å². The SMILES string of the molecule is C[C@@H](O)CC(=O)OCC(O)CO. The number of carbonyl (C=O) groups excluding carboxylic acids is 1. The monoisotopic (exact) mass is 178 g/mol. The number of carbonyl (C=O) groups is 1. The molecule has 0 rings (SSSR count). The smallest absolute Gasteiger partial charge is 0.308 e. The van der Waals surface area contributed by atoms with Crippen molar-refractivity contribution in [2.45, 2.75) is 25.6 Å². The third kappa shape index (κ3) is 6.09. The molecule has 2 atom stereocenters. The van der Waals surface area contributed by atoms with E-state index in [1.54, 1.807) is 0 Å². The van der Waals surface area contributed by atoms with Crippen LogP contribution in [0, 0.1) is 0 Å². The van der Waals surface area contributed by atoms with E-state index in [2.05, 4.69) is 4.74 Å². The summed E-state index contributed by atoms with van der Waals surface area (Å²) in [7, 11) is 0. The molecular weight excluding hydrogens is 164 g/mol. The van der Waals surface area contributed by atoms with Crippen molar-refractivity contribution >= 4 is 5.97 Å². The molecule has 0 saturated carbocycles. The second kappa shape index (κ2) is 5.93. The first-order valence-electron chi connectivity index (χ1n) is 3.69. The average molecular weight is 178 g/mol. The van der Waals surface area contributed by atoms with Gasteiger partial charge in [-0.15, -0.1) is 0 Å². The molecule has 0 bridgehead atoms. The van der Waals surface area contributed by atoms with Gasteiger partial charge in [-0.25, -0.2) is 0 Å². The van der Waals surface area contributed by atoms with Crippen molar-refractivity contribution in [3.63, 3.8) is 0 Å². The lowest BCUT2D eigenvalue weighted by Gasteiger charge is -2.08. The predicted molar refractivity (Wildman–Crippen MR) is 40.3 cm³/mol. The molecular formula is C7H14O5. The fourth-order valence-corrected chi connectivity index (χ4v) is 0.542. The van der Waals surface area contributed by atoms with E-state index in [0.29, 0.717) is 0 Å². The Balaban J connectivity index is 3.44. The van der Waals surface area contributed by atoms with Crippen molar-refractivity contribution in [3.05, 3.63) is 0 Å². The Kier molecular flexibility index (Phi) is 5.61. The van der Waals surface area contributed by atoms with E-state index in [-0.39, 0.29) is 13.0 Å². The number of hydrogen-bond acceptors (Lipinski definition) is 5. The van der Waals surface area contributed by atoms with Gasteiger partial charge in [-0.2, -0.15) is 0 Å². The molecule has 0 spiro atoms. The molecule has 1 unspecified atom stereocenters. The molecule has 0 aliphatic heterocycles. The minimum absolute atomic E-state index is 0.0991. The molecule has 0 saturated heterocycles. The first kappa shape index (κ1) is 11.4. The summed E-state index contributed by atoms with van der Waals surface area (Å²) in [5, 5.41) is 25.8. The van der Waals surface area contributed by atoms with E-state index in [1.807, 2.05) is 0 Å². The van der Waals surface area contributed by atoms with E-state index < -0.39 is 24.8 Å². The number of aliphatic hydroxyl groups is 3. The summed E-state index contributed by atoms with van der Waals surface area (Å²) >= 11 is 0. The summed E-state index contributed by atoms with van der Waals surface area (Å²) in [5.41, 5.74) is 0. The van der Waals surface area contributed by atoms with Gasteiger partial charge < -0.3 is 20.1 Å². The minimum Gasteiger partial charge on any atom is -0.463 e. The highest BCUT2D eigenvalue weighted by atomic mass is 16.5. The molecule has 12 heavy (non-hydrogen) atoms. The minimum atomic E-state index is -1.04. The summed E-state index contributed by atoms with van der Waals surface area (Å²) < 4.78 is 4.50. The van der Waals surface area contributed by atoms with E-state index >= 15 is 0 Å². The maximum atomic E-state index is 10.7. The van der Waals surface area contributed by atoms with Crippen molar-refractivity contribution in [3.8, 4) is 0 Å². The van der Waals surface area contributed by atoms with Crippen LogP contribution < -0.4 is 0 Å². The molecule has 5 heteroatoms. The highest BCUT2D eigenvalue weighted by Gasteiger charge is 2.09. The molecule has 0 aliphatic rings. The van der Waals surface area contributed by atoms with Crippen molar-refractivity contribution < 1.29 is 24.9 Å². The number of aliphatic hydroxyl groups excluding tert-OH is 3. The van der Waals surface area contributed by atoms with Crippen LogP contribution in [0.15, 0.2) is 0 Å².